The van der Waals surface area contributed by atoms with Crippen molar-refractivity contribution in [3.8, 4) is 0 Å². The summed E-state index contributed by atoms with van der Waals surface area (Å²) in [5.74, 6) is 0. The number of aryl methyl sites for hydroxylation is 3. The number of hydrogen-bond acceptors (Lipinski definition) is 1. The van der Waals surface area contributed by atoms with E-state index in [2.05, 4.69) is 45.3 Å². The van der Waals surface area contributed by atoms with Crippen LogP contribution in [0.1, 0.15) is 54.4 Å². The lowest BCUT2D eigenvalue weighted by Gasteiger charge is -2.40. The second kappa shape index (κ2) is 4.81. The Hall–Kier alpha value is -0.820. The van der Waals surface area contributed by atoms with Crippen molar-refractivity contribution in [2.75, 3.05) is 7.05 Å². The van der Waals surface area contributed by atoms with E-state index in [1.807, 2.05) is 0 Å². The van der Waals surface area contributed by atoms with Crippen LogP contribution in [-0.4, -0.2) is 7.05 Å². The molecule has 1 saturated carbocycles. The van der Waals surface area contributed by atoms with Gasteiger partial charge in [0.2, 0.25) is 0 Å². The highest BCUT2D eigenvalue weighted by Gasteiger charge is 2.34. The fourth-order valence-electron chi connectivity index (χ4n) is 3.72. The van der Waals surface area contributed by atoms with Crippen molar-refractivity contribution >= 4 is 0 Å². The lowest BCUT2D eigenvalue weighted by Crippen LogP contribution is -2.42. The Kier molecular flexibility index (Phi) is 3.58. The van der Waals surface area contributed by atoms with Gasteiger partial charge < -0.3 is 5.32 Å². The maximum atomic E-state index is 3.63. The zero-order valence-corrected chi connectivity index (χ0v) is 11.7. The molecular weight excluding hydrogens is 206 g/mol. The predicted octanol–water partition coefficient (Wildman–Crippen LogP) is 3.99. The molecule has 94 valence electrons. The van der Waals surface area contributed by atoms with Gasteiger partial charge in [-0.3, -0.25) is 0 Å². The van der Waals surface area contributed by atoms with Crippen LogP contribution in [0.2, 0.25) is 0 Å². The minimum atomic E-state index is 0.236. The third-order valence-corrected chi connectivity index (χ3v) is 4.34. The van der Waals surface area contributed by atoms with Crippen LogP contribution in [-0.2, 0) is 5.54 Å². The van der Waals surface area contributed by atoms with Gasteiger partial charge in [-0.05, 0) is 57.4 Å². The molecule has 1 fully saturated rings. The third-order valence-electron chi connectivity index (χ3n) is 4.34. The van der Waals surface area contributed by atoms with Gasteiger partial charge in [-0.25, -0.2) is 0 Å². The van der Waals surface area contributed by atoms with Crippen LogP contribution in [0.5, 0.6) is 0 Å². The minimum Gasteiger partial charge on any atom is -0.310 e. The zero-order valence-electron chi connectivity index (χ0n) is 11.7. The van der Waals surface area contributed by atoms with Gasteiger partial charge in [0, 0.05) is 5.54 Å². The van der Waals surface area contributed by atoms with Gasteiger partial charge in [0.25, 0.3) is 0 Å². The van der Waals surface area contributed by atoms with Gasteiger partial charge >= 0.3 is 0 Å². The lowest BCUT2D eigenvalue weighted by atomic mass is 9.73. The molecule has 0 unspecified atom stereocenters. The molecular formula is C16H25N. The van der Waals surface area contributed by atoms with Crippen molar-refractivity contribution < 1.29 is 0 Å². The quantitative estimate of drug-likeness (QED) is 0.811. The number of rotatable bonds is 2. The molecule has 1 heteroatoms. The molecule has 1 aromatic rings. The summed E-state index contributed by atoms with van der Waals surface area (Å²) in [5, 5.41) is 3.63. The monoisotopic (exact) mass is 231 g/mol. The molecule has 0 aliphatic heterocycles. The third kappa shape index (κ3) is 2.26. The van der Waals surface area contributed by atoms with Gasteiger partial charge in [0.05, 0.1) is 0 Å². The highest BCUT2D eigenvalue weighted by Crippen LogP contribution is 2.40. The van der Waals surface area contributed by atoms with Crippen molar-refractivity contribution in [1.29, 1.82) is 0 Å². The van der Waals surface area contributed by atoms with Crippen LogP contribution < -0.4 is 5.32 Å². The summed E-state index contributed by atoms with van der Waals surface area (Å²) in [6, 6.07) is 4.66. The highest BCUT2D eigenvalue weighted by atomic mass is 14.9. The fourth-order valence-corrected chi connectivity index (χ4v) is 3.72. The molecule has 1 nitrogen and oxygen atoms in total. The van der Waals surface area contributed by atoms with Crippen molar-refractivity contribution in [2.45, 2.75) is 58.4 Å². The Morgan fingerprint density at radius 2 is 1.47 bits per heavy atom. The molecule has 1 aromatic carbocycles. The van der Waals surface area contributed by atoms with Crippen LogP contribution in [0.25, 0.3) is 0 Å². The van der Waals surface area contributed by atoms with E-state index in [4.69, 9.17) is 0 Å². The van der Waals surface area contributed by atoms with E-state index < -0.39 is 0 Å². The summed E-state index contributed by atoms with van der Waals surface area (Å²) in [5.41, 5.74) is 6.09. The normalized spacial score (nSPS) is 19.3. The topological polar surface area (TPSA) is 12.0 Å². The van der Waals surface area contributed by atoms with Crippen molar-refractivity contribution in [2.24, 2.45) is 0 Å². The van der Waals surface area contributed by atoms with Crippen molar-refractivity contribution in [3.63, 3.8) is 0 Å². The second-order valence-electron chi connectivity index (χ2n) is 5.67. The van der Waals surface area contributed by atoms with Crippen molar-refractivity contribution in [3.05, 3.63) is 34.4 Å². The first-order chi connectivity index (χ1) is 8.09. The average Bonchev–Trinajstić information content (AvgIpc) is 2.28. The minimum absolute atomic E-state index is 0.236. The summed E-state index contributed by atoms with van der Waals surface area (Å²) < 4.78 is 0. The first kappa shape index (κ1) is 12.6. The summed E-state index contributed by atoms with van der Waals surface area (Å²) in [6.07, 6.45) is 6.68. The molecule has 0 aromatic heterocycles. The predicted molar refractivity (Wildman–Crippen MR) is 74.5 cm³/mol. The molecule has 0 atom stereocenters. The molecule has 1 N–H and O–H groups in total. The molecule has 0 saturated heterocycles. The van der Waals surface area contributed by atoms with E-state index in [1.165, 1.54) is 48.8 Å². The van der Waals surface area contributed by atoms with Crippen LogP contribution in [0.3, 0.4) is 0 Å². The zero-order chi connectivity index (χ0) is 12.5. The van der Waals surface area contributed by atoms with E-state index >= 15 is 0 Å². The SMILES string of the molecule is CNC1(c2c(C)cc(C)cc2C)CCCCC1. The second-order valence-corrected chi connectivity index (χ2v) is 5.67. The van der Waals surface area contributed by atoms with Gasteiger partial charge in [0.15, 0.2) is 0 Å². The van der Waals surface area contributed by atoms with Crippen LogP contribution in [0.15, 0.2) is 12.1 Å². The summed E-state index contributed by atoms with van der Waals surface area (Å²) >= 11 is 0. The number of nitrogens with one attached hydrogen (secondary N) is 1. The molecule has 0 spiro atoms. The van der Waals surface area contributed by atoms with Gasteiger partial charge in [-0.2, -0.15) is 0 Å². The van der Waals surface area contributed by atoms with E-state index in [0.29, 0.717) is 0 Å². The molecule has 1 aliphatic rings. The maximum Gasteiger partial charge on any atom is 0.0437 e. The highest BCUT2D eigenvalue weighted by molar-refractivity contribution is 5.42. The standard InChI is InChI=1S/C16H25N/c1-12-10-13(2)15(14(3)11-12)16(17-4)8-6-5-7-9-16/h10-11,17H,5-9H2,1-4H3. The Morgan fingerprint density at radius 3 is 1.94 bits per heavy atom. The molecule has 0 heterocycles. The van der Waals surface area contributed by atoms with Gasteiger partial charge in [-0.15, -0.1) is 0 Å². The van der Waals surface area contributed by atoms with E-state index in [-0.39, 0.29) is 5.54 Å². The van der Waals surface area contributed by atoms with Gasteiger partial charge in [0.1, 0.15) is 0 Å². The number of hydrogen-bond donors (Lipinski definition) is 1. The molecule has 2 rings (SSSR count). The van der Waals surface area contributed by atoms with Crippen molar-refractivity contribution in [1.82, 2.24) is 5.32 Å². The van der Waals surface area contributed by atoms with E-state index in [1.54, 1.807) is 5.56 Å². The molecule has 0 radical (unpaired) electrons. The molecule has 0 amide bonds. The Balaban J connectivity index is 2.50. The lowest BCUT2D eigenvalue weighted by molar-refractivity contribution is 0.248. The van der Waals surface area contributed by atoms with Gasteiger partial charge in [-0.1, -0.05) is 37.0 Å². The summed E-state index contributed by atoms with van der Waals surface area (Å²) in [7, 11) is 2.13. The average molecular weight is 231 g/mol. The fraction of sp³-hybridized carbons (Fsp3) is 0.625. The van der Waals surface area contributed by atoms with E-state index in [9.17, 15) is 0 Å². The first-order valence-corrected chi connectivity index (χ1v) is 6.86. The molecule has 1 aliphatic carbocycles. The van der Waals surface area contributed by atoms with Crippen LogP contribution in [0.4, 0.5) is 0 Å². The van der Waals surface area contributed by atoms with Crippen LogP contribution in [0, 0.1) is 20.8 Å². The molecule has 17 heavy (non-hydrogen) atoms. The number of benzene rings is 1. The first-order valence-electron chi connectivity index (χ1n) is 6.86. The summed E-state index contributed by atoms with van der Waals surface area (Å²) in [4.78, 5) is 0. The Morgan fingerprint density at radius 1 is 0.941 bits per heavy atom. The largest absolute Gasteiger partial charge is 0.310 e. The van der Waals surface area contributed by atoms with Crippen LogP contribution >= 0.6 is 0 Å². The Bertz CT molecular complexity index is 377. The summed E-state index contributed by atoms with van der Waals surface area (Å²) in [6.45, 7) is 6.72. The maximum absolute atomic E-state index is 3.63. The van der Waals surface area contributed by atoms with E-state index in [0.717, 1.165) is 0 Å². The smallest absolute Gasteiger partial charge is 0.0437 e. The Labute approximate surface area is 106 Å². The molecule has 0 bridgehead atoms.